The van der Waals surface area contributed by atoms with E-state index in [1.54, 1.807) is 0 Å². The third-order valence-corrected chi connectivity index (χ3v) is 6.91. The van der Waals surface area contributed by atoms with Gasteiger partial charge in [-0.2, -0.15) is 0 Å². The molecule has 0 spiro atoms. The second kappa shape index (κ2) is 11.7. The van der Waals surface area contributed by atoms with Crippen LogP contribution in [0.3, 0.4) is 0 Å². The number of ether oxygens (including phenoxy) is 2. The molecular formula is C29H33N7O2. The molecule has 9 heteroatoms. The first-order valence-corrected chi connectivity index (χ1v) is 13.3. The Bertz CT molecular complexity index is 1350. The molecule has 2 aromatic heterocycles. The Labute approximate surface area is 222 Å². The number of rotatable bonds is 8. The zero-order chi connectivity index (χ0) is 25.6. The van der Waals surface area contributed by atoms with E-state index >= 15 is 0 Å². The minimum atomic E-state index is 0.209. The molecule has 196 valence electrons. The van der Waals surface area contributed by atoms with E-state index in [4.69, 9.17) is 14.5 Å². The van der Waals surface area contributed by atoms with Crippen LogP contribution in [0.4, 0.5) is 17.5 Å². The van der Waals surface area contributed by atoms with Crippen LogP contribution in [0.5, 0.6) is 5.75 Å². The highest BCUT2D eigenvalue weighted by Gasteiger charge is 2.14. The average Bonchev–Trinajstić information content (AvgIpc) is 2.98. The zero-order valence-electron chi connectivity index (χ0n) is 21.4. The maximum atomic E-state index is 6.07. The van der Waals surface area contributed by atoms with E-state index in [1.165, 1.54) is 0 Å². The molecular weight excluding hydrogens is 478 g/mol. The number of anilines is 3. The lowest BCUT2D eigenvalue weighted by Gasteiger charge is -2.28. The number of nitrogens with zero attached hydrogens (tertiary/aromatic N) is 4. The van der Waals surface area contributed by atoms with Gasteiger partial charge in [0.1, 0.15) is 11.6 Å². The van der Waals surface area contributed by atoms with Crippen molar-refractivity contribution in [1.82, 2.24) is 25.6 Å². The maximum absolute atomic E-state index is 6.07. The molecule has 0 radical (unpaired) electrons. The van der Waals surface area contributed by atoms with E-state index in [9.17, 15) is 0 Å². The molecule has 0 amide bonds. The fraction of sp³-hybridized carbons (Fsp3) is 0.345. The Hall–Kier alpha value is -3.79. The lowest BCUT2D eigenvalue weighted by atomic mass is 10.0. The average molecular weight is 512 g/mol. The quantitative estimate of drug-likeness (QED) is 0.328. The van der Waals surface area contributed by atoms with Crippen molar-refractivity contribution < 1.29 is 9.47 Å². The lowest BCUT2D eigenvalue weighted by Crippen LogP contribution is -2.43. The van der Waals surface area contributed by atoms with Crippen LogP contribution in [0.2, 0.25) is 0 Å². The lowest BCUT2D eigenvalue weighted by molar-refractivity contribution is 0.0159. The van der Waals surface area contributed by atoms with Crippen molar-refractivity contribution in [2.45, 2.75) is 12.5 Å². The molecule has 2 aromatic carbocycles. The summed E-state index contributed by atoms with van der Waals surface area (Å²) in [5.74, 6) is 2.37. The van der Waals surface area contributed by atoms with Crippen LogP contribution in [0.15, 0.2) is 67.0 Å². The van der Waals surface area contributed by atoms with Crippen LogP contribution in [-0.4, -0.2) is 73.5 Å². The number of hydrogen-bond donors (Lipinski definition) is 3. The molecule has 0 aliphatic carbocycles. The summed E-state index contributed by atoms with van der Waals surface area (Å²) in [5, 5.41) is 11.0. The number of benzene rings is 2. The molecule has 9 nitrogen and oxygen atoms in total. The van der Waals surface area contributed by atoms with Gasteiger partial charge in [-0.25, -0.2) is 15.0 Å². The van der Waals surface area contributed by atoms with Crippen molar-refractivity contribution in [3.05, 3.63) is 67.0 Å². The number of hydrogen-bond acceptors (Lipinski definition) is 9. The number of piperazine rings is 1. The Morgan fingerprint density at radius 3 is 2.74 bits per heavy atom. The molecule has 0 saturated carbocycles. The monoisotopic (exact) mass is 511 g/mol. The molecule has 2 aliphatic heterocycles. The van der Waals surface area contributed by atoms with Gasteiger partial charge in [0.2, 0.25) is 5.95 Å². The fourth-order valence-corrected chi connectivity index (χ4v) is 4.89. The predicted octanol–water partition coefficient (Wildman–Crippen LogP) is 3.60. The van der Waals surface area contributed by atoms with Crippen LogP contribution in [0.25, 0.3) is 22.0 Å². The van der Waals surface area contributed by atoms with Crippen LogP contribution >= 0.6 is 0 Å². The van der Waals surface area contributed by atoms with Crippen molar-refractivity contribution in [1.29, 1.82) is 0 Å². The molecule has 3 N–H and O–H groups in total. The first-order chi connectivity index (χ1) is 18.8. The molecule has 1 atom stereocenters. The van der Waals surface area contributed by atoms with Gasteiger partial charge >= 0.3 is 0 Å². The smallest absolute Gasteiger partial charge is 0.227 e. The van der Waals surface area contributed by atoms with Gasteiger partial charge in [-0.05, 0) is 29.8 Å². The van der Waals surface area contributed by atoms with Gasteiger partial charge in [-0.3, -0.25) is 0 Å². The number of nitrogens with one attached hydrogen (secondary N) is 3. The van der Waals surface area contributed by atoms with E-state index in [1.807, 2.05) is 48.8 Å². The highest BCUT2D eigenvalue weighted by Crippen LogP contribution is 2.30. The summed E-state index contributed by atoms with van der Waals surface area (Å²) in [7, 11) is 0. The SMILES string of the molecule is c1cc(OCCC2CNCCO2)cc(-c2cccc3cnc(Nc4ccc(N5CCNCC5)nc4)nc23)c1. The Kier molecular flexibility index (Phi) is 7.57. The topological polar surface area (TPSA) is 96.5 Å². The van der Waals surface area contributed by atoms with E-state index in [0.717, 1.165) is 91.6 Å². The zero-order valence-corrected chi connectivity index (χ0v) is 21.4. The maximum Gasteiger partial charge on any atom is 0.227 e. The molecule has 38 heavy (non-hydrogen) atoms. The van der Waals surface area contributed by atoms with Crippen LogP contribution in [0.1, 0.15) is 6.42 Å². The van der Waals surface area contributed by atoms with Gasteiger partial charge in [0, 0.05) is 62.8 Å². The van der Waals surface area contributed by atoms with Gasteiger partial charge in [0.15, 0.2) is 0 Å². The largest absolute Gasteiger partial charge is 0.493 e. The van der Waals surface area contributed by atoms with Crippen molar-refractivity contribution in [2.75, 3.05) is 62.7 Å². The highest BCUT2D eigenvalue weighted by molar-refractivity contribution is 5.94. The minimum Gasteiger partial charge on any atom is -0.493 e. The molecule has 6 rings (SSSR count). The van der Waals surface area contributed by atoms with E-state index < -0.39 is 0 Å². The van der Waals surface area contributed by atoms with Gasteiger partial charge in [0.05, 0.1) is 36.7 Å². The van der Waals surface area contributed by atoms with E-state index in [2.05, 4.69) is 49.0 Å². The molecule has 2 fully saturated rings. The number of pyridine rings is 1. The number of para-hydroxylation sites is 1. The Morgan fingerprint density at radius 1 is 0.974 bits per heavy atom. The summed E-state index contributed by atoms with van der Waals surface area (Å²) in [6, 6.07) is 18.4. The van der Waals surface area contributed by atoms with Crippen LogP contribution in [0, 0.1) is 0 Å². The van der Waals surface area contributed by atoms with Gasteiger partial charge < -0.3 is 30.3 Å². The summed E-state index contributed by atoms with van der Waals surface area (Å²) >= 11 is 0. The Morgan fingerprint density at radius 2 is 1.89 bits per heavy atom. The molecule has 4 aromatic rings. The van der Waals surface area contributed by atoms with Gasteiger partial charge in [-0.15, -0.1) is 0 Å². The molecule has 2 aliphatic rings. The normalized spacial score (nSPS) is 17.9. The van der Waals surface area contributed by atoms with E-state index in [0.29, 0.717) is 12.6 Å². The molecule has 1 unspecified atom stereocenters. The summed E-state index contributed by atoms with van der Waals surface area (Å²) in [4.78, 5) is 16.4. The second-order valence-corrected chi connectivity index (χ2v) is 9.57. The summed E-state index contributed by atoms with van der Waals surface area (Å²) in [6.45, 7) is 7.08. The third-order valence-electron chi connectivity index (χ3n) is 6.91. The standard InChI is InChI=1S/C29H33N7O2/c1-3-21(17-24(5-1)37-15-9-25-20-31-12-16-38-25)26-6-2-4-22-18-33-29(35-28(22)26)34-23-7-8-27(32-19-23)36-13-10-30-11-14-36/h1-8,17-19,25,30-31H,9-16,20H2,(H,33,34,35). The Balaban J connectivity index is 1.17. The fourth-order valence-electron chi connectivity index (χ4n) is 4.89. The first kappa shape index (κ1) is 24.5. The van der Waals surface area contributed by atoms with Crippen LogP contribution < -0.4 is 25.6 Å². The second-order valence-electron chi connectivity index (χ2n) is 9.57. The summed E-state index contributed by atoms with van der Waals surface area (Å²) in [5.41, 5.74) is 3.82. The van der Waals surface area contributed by atoms with Gasteiger partial charge in [0.25, 0.3) is 0 Å². The molecule has 4 heterocycles. The van der Waals surface area contributed by atoms with Crippen molar-refractivity contribution in [2.24, 2.45) is 0 Å². The summed E-state index contributed by atoms with van der Waals surface area (Å²) < 4.78 is 11.8. The van der Waals surface area contributed by atoms with Crippen molar-refractivity contribution in [3.63, 3.8) is 0 Å². The van der Waals surface area contributed by atoms with Gasteiger partial charge in [-0.1, -0.05) is 30.3 Å². The summed E-state index contributed by atoms with van der Waals surface area (Å²) in [6.07, 6.45) is 4.77. The predicted molar refractivity (Wildman–Crippen MR) is 150 cm³/mol. The first-order valence-electron chi connectivity index (χ1n) is 13.3. The molecule has 0 bridgehead atoms. The van der Waals surface area contributed by atoms with Crippen LogP contribution in [-0.2, 0) is 4.74 Å². The van der Waals surface area contributed by atoms with E-state index in [-0.39, 0.29) is 6.10 Å². The number of morpholine rings is 1. The van der Waals surface area contributed by atoms with Crippen molar-refractivity contribution in [3.8, 4) is 16.9 Å². The number of fused-ring (bicyclic) bond motifs is 1. The minimum absolute atomic E-state index is 0.209. The number of aromatic nitrogens is 3. The van der Waals surface area contributed by atoms with Crippen molar-refractivity contribution >= 4 is 28.4 Å². The molecule has 2 saturated heterocycles. The highest BCUT2D eigenvalue weighted by atomic mass is 16.5. The third kappa shape index (κ3) is 5.85.